The lowest BCUT2D eigenvalue weighted by Crippen LogP contribution is -2.31. The minimum absolute atomic E-state index is 0.142. The molecular formula is C16H18N2O3S. The lowest BCUT2D eigenvalue weighted by Gasteiger charge is -2.21. The molecule has 0 spiro atoms. The highest BCUT2D eigenvalue weighted by molar-refractivity contribution is 7.13. The number of carboxylic acid groups (broad SMARTS) is 1. The van der Waals surface area contributed by atoms with Crippen LogP contribution in [0.3, 0.4) is 0 Å². The Bertz CT molecular complexity index is 663. The first-order valence-electron chi connectivity index (χ1n) is 6.93. The van der Waals surface area contributed by atoms with Gasteiger partial charge in [0.05, 0.1) is 5.41 Å². The highest BCUT2D eigenvalue weighted by atomic mass is 32.1. The van der Waals surface area contributed by atoms with Gasteiger partial charge >= 0.3 is 5.97 Å². The van der Waals surface area contributed by atoms with Crippen LogP contribution in [0.5, 0.6) is 0 Å². The van der Waals surface area contributed by atoms with Crippen molar-refractivity contribution in [3.05, 3.63) is 47.0 Å². The van der Waals surface area contributed by atoms with Gasteiger partial charge in [0, 0.05) is 23.7 Å². The summed E-state index contributed by atoms with van der Waals surface area (Å²) < 4.78 is 0. The van der Waals surface area contributed by atoms with Crippen LogP contribution in [-0.2, 0) is 10.2 Å². The smallest absolute Gasteiger partial charge is 0.313 e. The first-order valence-corrected chi connectivity index (χ1v) is 7.81. The first-order chi connectivity index (χ1) is 10.4. The molecule has 0 aliphatic carbocycles. The van der Waals surface area contributed by atoms with E-state index in [1.807, 2.05) is 12.3 Å². The Morgan fingerprint density at radius 2 is 1.91 bits per heavy atom. The topological polar surface area (TPSA) is 70.5 Å². The van der Waals surface area contributed by atoms with Gasteiger partial charge in [0.15, 0.2) is 5.13 Å². The third kappa shape index (κ3) is 3.01. The van der Waals surface area contributed by atoms with Crippen molar-refractivity contribution in [1.29, 1.82) is 0 Å². The number of carbonyl (C=O) groups excluding carboxylic acids is 1. The van der Waals surface area contributed by atoms with Crippen molar-refractivity contribution < 1.29 is 14.7 Å². The van der Waals surface area contributed by atoms with Crippen molar-refractivity contribution in [2.24, 2.45) is 0 Å². The molecule has 1 N–H and O–H groups in total. The minimum atomic E-state index is -0.985. The molecule has 1 aromatic carbocycles. The number of anilines is 1. The maximum atomic E-state index is 12.5. The molecule has 1 heterocycles. The minimum Gasteiger partial charge on any atom is -0.481 e. The van der Waals surface area contributed by atoms with E-state index in [-0.39, 0.29) is 5.91 Å². The number of aromatic nitrogens is 1. The number of rotatable bonds is 5. The van der Waals surface area contributed by atoms with Crippen molar-refractivity contribution in [3.8, 4) is 0 Å². The summed E-state index contributed by atoms with van der Waals surface area (Å²) in [5.41, 5.74) is 0.192. The fraction of sp³-hybridized carbons (Fsp3) is 0.312. The molecule has 22 heavy (non-hydrogen) atoms. The van der Waals surface area contributed by atoms with E-state index in [9.17, 15) is 14.7 Å². The van der Waals surface area contributed by atoms with Crippen LogP contribution in [-0.4, -0.2) is 28.5 Å². The van der Waals surface area contributed by atoms with Crippen LogP contribution in [0.2, 0.25) is 0 Å². The van der Waals surface area contributed by atoms with E-state index >= 15 is 0 Å². The standard InChI is InChI=1S/C16H18N2O3S/c1-4-18(15-17-9-10-22-15)13(19)11-5-7-12(8-6-11)16(2,3)14(20)21/h5-10H,4H2,1-3H3,(H,20,21). The predicted molar refractivity (Wildman–Crippen MR) is 86.6 cm³/mol. The first kappa shape index (κ1) is 16.2. The van der Waals surface area contributed by atoms with Crippen LogP contribution in [0.25, 0.3) is 0 Å². The maximum Gasteiger partial charge on any atom is 0.313 e. The number of thiazole rings is 1. The lowest BCUT2D eigenvalue weighted by molar-refractivity contribution is -0.142. The highest BCUT2D eigenvalue weighted by Gasteiger charge is 2.29. The molecular weight excluding hydrogens is 300 g/mol. The third-order valence-electron chi connectivity index (χ3n) is 3.60. The third-order valence-corrected chi connectivity index (χ3v) is 4.39. The van der Waals surface area contributed by atoms with Crippen LogP contribution in [0.15, 0.2) is 35.8 Å². The summed E-state index contributed by atoms with van der Waals surface area (Å²) in [5.74, 6) is -1.04. The zero-order valence-corrected chi connectivity index (χ0v) is 13.6. The van der Waals surface area contributed by atoms with E-state index < -0.39 is 11.4 Å². The molecule has 0 atom stereocenters. The molecule has 2 aromatic rings. The molecule has 0 aliphatic heterocycles. The Hall–Kier alpha value is -2.21. The van der Waals surface area contributed by atoms with Gasteiger partial charge in [-0.05, 0) is 38.5 Å². The van der Waals surface area contributed by atoms with Gasteiger partial charge in [-0.25, -0.2) is 4.98 Å². The van der Waals surface area contributed by atoms with E-state index in [0.29, 0.717) is 22.8 Å². The van der Waals surface area contributed by atoms with E-state index in [2.05, 4.69) is 4.98 Å². The normalized spacial score (nSPS) is 11.2. The summed E-state index contributed by atoms with van der Waals surface area (Å²) in [6.45, 7) is 5.69. The molecule has 0 aliphatic rings. The molecule has 116 valence electrons. The molecule has 0 saturated carbocycles. The summed E-state index contributed by atoms with van der Waals surface area (Å²) in [7, 11) is 0. The highest BCUT2D eigenvalue weighted by Crippen LogP contribution is 2.25. The Balaban J connectivity index is 2.27. The van der Waals surface area contributed by atoms with Gasteiger partial charge in [0.2, 0.25) is 0 Å². The van der Waals surface area contributed by atoms with Gasteiger partial charge in [-0.3, -0.25) is 14.5 Å². The molecule has 1 amide bonds. The van der Waals surface area contributed by atoms with Crippen LogP contribution >= 0.6 is 11.3 Å². The average Bonchev–Trinajstić information content (AvgIpc) is 3.02. The van der Waals surface area contributed by atoms with Gasteiger partial charge in [0.25, 0.3) is 5.91 Å². The van der Waals surface area contributed by atoms with Gasteiger partial charge in [0.1, 0.15) is 0 Å². The summed E-state index contributed by atoms with van der Waals surface area (Å²) in [4.78, 5) is 29.6. The summed E-state index contributed by atoms with van der Waals surface area (Å²) in [6.07, 6.45) is 1.66. The van der Waals surface area contributed by atoms with Gasteiger partial charge in [-0.1, -0.05) is 12.1 Å². The second-order valence-corrected chi connectivity index (χ2v) is 6.24. The van der Waals surface area contributed by atoms with E-state index in [4.69, 9.17) is 0 Å². The number of aliphatic carboxylic acids is 1. The molecule has 5 nitrogen and oxygen atoms in total. The molecule has 6 heteroatoms. The van der Waals surface area contributed by atoms with Gasteiger partial charge < -0.3 is 5.11 Å². The number of nitrogens with zero attached hydrogens (tertiary/aromatic N) is 2. The number of carboxylic acids is 1. The Morgan fingerprint density at radius 1 is 1.27 bits per heavy atom. The number of amides is 1. The van der Waals surface area contributed by atoms with Crippen molar-refractivity contribution in [3.63, 3.8) is 0 Å². The molecule has 0 bridgehead atoms. The maximum absolute atomic E-state index is 12.5. The number of benzene rings is 1. The average molecular weight is 318 g/mol. The van der Waals surface area contributed by atoms with E-state index in [0.717, 1.165) is 0 Å². The largest absolute Gasteiger partial charge is 0.481 e. The number of carbonyl (C=O) groups is 2. The summed E-state index contributed by atoms with van der Waals surface area (Å²) in [6, 6.07) is 6.71. The molecule has 0 fully saturated rings. The molecule has 1 aromatic heterocycles. The Morgan fingerprint density at radius 3 is 2.36 bits per heavy atom. The van der Waals surface area contributed by atoms with Gasteiger partial charge in [-0.15, -0.1) is 11.3 Å². The van der Waals surface area contributed by atoms with Crippen LogP contribution in [0.1, 0.15) is 36.7 Å². The zero-order valence-electron chi connectivity index (χ0n) is 12.7. The second kappa shape index (κ2) is 6.27. The van der Waals surface area contributed by atoms with Crippen LogP contribution in [0.4, 0.5) is 5.13 Å². The van der Waals surface area contributed by atoms with Crippen molar-refractivity contribution >= 4 is 28.3 Å². The molecule has 0 radical (unpaired) electrons. The van der Waals surface area contributed by atoms with Crippen LogP contribution < -0.4 is 4.90 Å². The fourth-order valence-electron chi connectivity index (χ4n) is 2.02. The molecule has 2 rings (SSSR count). The predicted octanol–water partition coefficient (Wildman–Crippen LogP) is 3.17. The monoisotopic (exact) mass is 318 g/mol. The Labute approximate surface area is 133 Å². The van der Waals surface area contributed by atoms with Crippen molar-refractivity contribution in [1.82, 2.24) is 4.98 Å². The number of hydrogen-bond acceptors (Lipinski definition) is 4. The van der Waals surface area contributed by atoms with Gasteiger partial charge in [-0.2, -0.15) is 0 Å². The molecule has 0 saturated heterocycles. The SMILES string of the molecule is CCN(C(=O)c1ccc(C(C)(C)C(=O)O)cc1)c1nccs1. The second-order valence-electron chi connectivity index (χ2n) is 5.37. The van der Waals surface area contributed by atoms with Crippen LogP contribution in [0, 0.1) is 0 Å². The van der Waals surface area contributed by atoms with E-state index in [1.54, 1.807) is 49.2 Å². The lowest BCUT2D eigenvalue weighted by atomic mass is 9.84. The van der Waals surface area contributed by atoms with Crippen molar-refractivity contribution in [2.45, 2.75) is 26.2 Å². The summed E-state index contributed by atoms with van der Waals surface area (Å²) in [5, 5.41) is 11.7. The van der Waals surface area contributed by atoms with Crippen molar-refractivity contribution in [2.75, 3.05) is 11.4 Å². The summed E-state index contributed by atoms with van der Waals surface area (Å²) >= 11 is 1.41. The Kier molecular flexibility index (Phi) is 4.61. The number of hydrogen-bond donors (Lipinski definition) is 1. The zero-order chi connectivity index (χ0) is 16.3. The fourth-order valence-corrected chi connectivity index (χ4v) is 2.73. The van der Waals surface area contributed by atoms with E-state index in [1.165, 1.54) is 11.3 Å². The molecule has 0 unspecified atom stereocenters. The quantitative estimate of drug-likeness (QED) is 0.919.